The van der Waals surface area contributed by atoms with Crippen LogP contribution in [0.1, 0.15) is 23.7 Å². The quantitative estimate of drug-likeness (QED) is 0.265. The largest absolute Gasteiger partial charge is 0.418 e. The van der Waals surface area contributed by atoms with Gasteiger partial charge in [-0.25, -0.2) is 18.4 Å². The Morgan fingerprint density at radius 3 is 2.23 bits per heavy atom. The lowest BCUT2D eigenvalue weighted by molar-refractivity contribution is -0.138. The van der Waals surface area contributed by atoms with Crippen LogP contribution in [0.4, 0.5) is 37.7 Å². The fourth-order valence-electron chi connectivity index (χ4n) is 3.76. The Morgan fingerprint density at radius 1 is 0.923 bits per heavy atom. The molecule has 0 unspecified atom stereocenters. The number of rotatable bonds is 7. The van der Waals surface area contributed by atoms with E-state index in [1.807, 2.05) is 0 Å². The lowest BCUT2D eigenvalue weighted by Crippen LogP contribution is -2.28. The smallest absolute Gasteiger partial charge is 0.355 e. The number of hydrogen-bond acceptors (Lipinski definition) is 6. The van der Waals surface area contributed by atoms with Gasteiger partial charge in [-0.15, -0.1) is 0 Å². The van der Waals surface area contributed by atoms with Crippen molar-refractivity contribution < 1.29 is 34.8 Å². The summed E-state index contributed by atoms with van der Waals surface area (Å²) in [5, 5.41) is 3.32. The average molecular weight is 570 g/mol. The molecule has 0 spiro atoms. The van der Waals surface area contributed by atoms with Crippen LogP contribution in [0.2, 0.25) is 0 Å². The molecule has 3 heterocycles. The molecule has 0 fully saturated rings. The third-order valence-electron chi connectivity index (χ3n) is 5.80. The third-order valence-corrected chi connectivity index (χ3v) is 7.61. The first-order valence-corrected chi connectivity index (χ1v) is 13.0. The molecular weight excluding hydrogens is 548 g/mol. The average Bonchev–Trinajstić information content (AvgIpc) is 2.87. The van der Waals surface area contributed by atoms with Crippen LogP contribution in [-0.2, 0) is 28.9 Å². The van der Waals surface area contributed by atoms with E-state index < -0.39 is 39.2 Å². The predicted octanol–water partition coefficient (Wildman–Crippen LogP) is 6.25. The summed E-state index contributed by atoms with van der Waals surface area (Å²) in [6.45, 7) is 1.28. The number of alkyl halides is 6. The molecule has 39 heavy (non-hydrogen) atoms. The van der Waals surface area contributed by atoms with E-state index in [2.05, 4.69) is 20.3 Å². The van der Waals surface area contributed by atoms with Gasteiger partial charge < -0.3 is 5.32 Å². The molecule has 7 nitrogen and oxygen atoms in total. The van der Waals surface area contributed by atoms with Gasteiger partial charge in [0, 0.05) is 24.3 Å². The second-order valence-electron chi connectivity index (χ2n) is 8.48. The molecule has 14 heteroatoms. The molecule has 1 aromatic carbocycles. The Balaban J connectivity index is 1.83. The van der Waals surface area contributed by atoms with Crippen LogP contribution in [0.15, 0.2) is 60.8 Å². The molecule has 3 aromatic heterocycles. The van der Waals surface area contributed by atoms with E-state index in [0.717, 1.165) is 28.6 Å². The Bertz CT molecular complexity index is 1610. The Labute approximate surface area is 219 Å². The van der Waals surface area contributed by atoms with Crippen LogP contribution in [0, 0.1) is 0 Å². The number of nitrogens with zero attached hydrogens (tertiary/aromatic N) is 4. The van der Waals surface area contributed by atoms with Crippen molar-refractivity contribution in [2.24, 2.45) is 0 Å². The van der Waals surface area contributed by atoms with Crippen molar-refractivity contribution >= 4 is 32.4 Å². The van der Waals surface area contributed by atoms with Crippen LogP contribution in [0.5, 0.6) is 0 Å². The summed E-state index contributed by atoms with van der Waals surface area (Å²) < 4.78 is 105. The summed E-state index contributed by atoms with van der Waals surface area (Å²) >= 11 is 0. The van der Waals surface area contributed by atoms with Crippen LogP contribution >= 0.6 is 0 Å². The fraction of sp³-hybridized carbons (Fsp3) is 0.240. The van der Waals surface area contributed by atoms with Crippen molar-refractivity contribution in [2.45, 2.75) is 25.8 Å². The lowest BCUT2D eigenvalue weighted by Gasteiger charge is -2.18. The molecule has 0 saturated carbocycles. The zero-order valence-corrected chi connectivity index (χ0v) is 21.3. The van der Waals surface area contributed by atoms with E-state index >= 15 is 0 Å². The van der Waals surface area contributed by atoms with Gasteiger partial charge in [0.25, 0.3) is 0 Å². The van der Waals surface area contributed by atoms with Crippen LogP contribution in [0.3, 0.4) is 0 Å². The summed E-state index contributed by atoms with van der Waals surface area (Å²) in [5.74, 6) is -0.171. The van der Waals surface area contributed by atoms with E-state index in [1.54, 1.807) is 0 Å². The number of nitrogens with one attached hydrogen (secondary N) is 1. The first kappa shape index (κ1) is 28.2. The second kappa shape index (κ2) is 10.4. The molecule has 0 aliphatic heterocycles. The molecule has 0 bridgehead atoms. The van der Waals surface area contributed by atoms with Crippen molar-refractivity contribution in [3.05, 3.63) is 77.6 Å². The number of benzene rings is 1. The van der Waals surface area contributed by atoms with Gasteiger partial charge in [-0.3, -0.25) is 4.98 Å². The number of halogens is 6. The van der Waals surface area contributed by atoms with Crippen molar-refractivity contribution in [1.82, 2.24) is 19.3 Å². The minimum absolute atomic E-state index is 0.0134. The minimum Gasteiger partial charge on any atom is -0.355 e. The first-order chi connectivity index (χ1) is 18.2. The van der Waals surface area contributed by atoms with E-state index in [1.165, 1.54) is 50.5 Å². The summed E-state index contributed by atoms with van der Waals surface area (Å²) in [7, 11) is -2.25. The molecule has 4 rings (SSSR count). The number of hydrogen-bond donors (Lipinski definition) is 1. The first-order valence-electron chi connectivity index (χ1n) is 11.4. The van der Waals surface area contributed by atoms with Gasteiger partial charge in [0.05, 0.1) is 40.5 Å². The number of sulfonamides is 1. The third kappa shape index (κ3) is 6.28. The molecule has 0 saturated heterocycles. The van der Waals surface area contributed by atoms with Crippen LogP contribution in [-0.4, -0.2) is 40.5 Å². The van der Waals surface area contributed by atoms with E-state index in [-0.39, 0.29) is 35.0 Å². The normalized spacial score (nSPS) is 12.7. The fourth-order valence-corrected chi connectivity index (χ4v) is 4.53. The van der Waals surface area contributed by atoms with Gasteiger partial charge in [-0.1, -0.05) is 0 Å². The van der Waals surface area contributed by atoms with E-state index in [4.69, 9.17) is 0 Å². The highest BCUT2D eigenvalue weighted by atomic mass is 32.2. The van der Waals surface area contributed by atoms with Crippen LogP contribution < -0.4 is 5.32 Å². The van der Waals surface area contributed by atoms with Gasteiger partial charge in [-0.2, -0.15) is 30.6 Å². The maximum absolute atomic E-state index is 13.6. The van der Waals surface area contributed by atoms with Gasteiger partial charge in [0.2, 0.25) is 10.0 Å². The van der Waals surface area contributed by atoms with Crippen molar-refractivity contribution in [2.75, 3.05) is 18.1 Å². The molecule has 0 atom stereocenters. The maximum atomic E-state index is 13.6. The number of fused-ring (bicyclic) bond motifs is 1. The minimum atomic E-state index is -4.69. The summed E-state index contributed by atoms with van der Waals surface area (Å²) in [6.07, 6.45) is -8.02. The summed E-state index contributed by atoms with van der Waals surface area (Å²) in [4.78, 5) is 12.5. The monoisotopic (exact) mass is 569 g/mol. The standard InChI is InChI=1S/C25H21F6N5O2S/c1-3-39(37,38)36(2)14-17-13-21(33-16-8-6-15(7-9-16)24(26,27)28)18-10-11-20(35-23(18)34-17)22-19(25(29,30)31)5-4-12-32-22/h4-13H,3,14H2,1-2H3,(H,33,34,35). The van der Waals surface area contributed by atoms with E-state index in [0.29, 0.717) is 11.1 Å². The molecule has 206 valence electrons. The molecular formula is C25H21F6N5O2S. The predicted molar refractivity (Wildman–Crippen MR) is 133 cm³/mol. The van der Waals surface area contributed by atoms with Gasteiger partial charge in [0.1, 0.15) is 5.69 Å². The number of anilines is 2. The molecule has 0 radical (unpaired) electrons. The summed E-state index contributed by atoms with van der Waals surface area (Å²) in [6, 6.07) is 10.5. The van der Waals surface area contributed by atoms with Gasteiger partial charge in [-0.05, 0) is 61.5 Å². The van der Waals surface area contributed by atoms with Crippen molar-refractivity contribution in [3.8, 4) is 11.4 Å². The topological polar surface area (TPSA) is 88.1 Å². The molecule has 0 amide bonds. The molecule has 1 N–H and O–H groups in total. The molecule has 4 aromatic rings. The van der Waals surface area contributed by atoms with Gasteiger partial charge >= 0.3 is 12.4 Å². The summed E-state index contributed by atoms with van der Waals surface area (Å²) in [5.41, 5.74) is -1.58. The number of aromatic nitrogens is 3. The molecule has 0 aliphatic carbocycles. The van der Waals surface area contributed by atoms with E-state index in [9.17, 15) is 34.8 Å². The Morgan fingerprint density at radius 2 is 1.62 bits per heavy atom. The highest BCUT2D eigenvalue weighted by molar-refractivity contribution is 7.89. The lowest BCUT2D eigenvalue weighted by atomic mass is 10.1. The highest BCUT2D eigenvalue weighted by Crippen LogP contribution is 2.36. The zero-order valence-electron chi connectivity index (χ0n) is 20.5. The molecule has 0 aliphatic rings. The van der Waals surface area contributed by atoms with Gasteiger partial charge in [0.15, 0.2) is 5.65 Å². The SMILES string of the molecule is CCS(=O)(=O)N(C)Cc1cc(Nc2ccc(C(F)(F)F)cc2)c2ccc(-c3ncccc3C(F)(F)F)nc2n1. The number of pyridine rings is 3. The second-order valence-corrected chi connectivity index (χ2v) is 10.8. The Hall–Kier alpha value is -3.78. The highest BCUT2D eigenvalue weighted by Gasteiger charge is 2.35. The van der Waals surface area contributed by atoms with Crippen molar-refractivity contribution in [1.29, 1.82) is 0 Å². The zero-order chi connectivity index (χ0) is 28.6. The maximum Gasteiger partial charge on any atom is 0.418 e. The van der Waals surface area contributed by atoms with Crippen molar-refractivity contribution in [3.63, 3.8) is 0 Å². The van der Waals surface area contributed by atoms with Crippen LogP contribution in [0.25, 0.3) is 22.4 Å². The Kier molecular flexibility index (Phi) is 7.54.